The van der Waals surface area contributed by atoms with Crippen molar-refractivity contribution < 1.29 is 9.59 Å². The minimum Gasteiger partial charge on any atom is -0.353 e. The predicted molar refractivity (Wildman–Crippen MR) is 137 cm³/mol. The van der Waals surface area contributed by atoms with Crippen LogP contribution in [0.5, 0.6) is 0 Å². The van der Waals surface area contributed by atoms with Gasteiger partial charge in [0, 0.05) is 43.0 Å². The molecule has 1 saturated heterocycles. The highest BCUT2D eigenvalue weighted by Crippen LogP contribution is 2.25. The number of nitrogens with zero attached hydrogens (tertiary/aromatic N) is 4. The summed E-state index contributed by atoms with van der Waals surface area (Å²) in [5, 5.41) is 3.63. The molecule has 176 valence electrons. The molecule has 0 saturated carbocycles. The number of amides is 2. The van der Waals surface area contributed by atoms with Crippen molar-refractivity contribution in [3.8, 4) is 0 Å². The summed E-state index contributed by atoms with van der Waals surface area (Å²) in [5.41, 5.74) is 2.57. The Kier molecular flexibility index (Phi) is 7.70. The molecule has 1 aliphatic rings. The van der Waals surface area contributed by atoms with Crippen molar-refractivity contribution in [3.05, 3.63) is 76.9 Å². The van der Waals surface area contributed by atoms with Gasteiger partial charge in [0.25, 0.3) is 5.91 Å². The van der Waals surface area contributed by atoms with Crippen molar-refractivity contribution in [2.24, 2.45) is 0 Å². The zero-order valence-corrected chi connectivity index (χ0v) is 20.6. The van der Waals surface area contributed by atoms with E-state index in [0.29, 0.717) is 41.3 Å². The van der Waals surface area contributed by atoms with Gasteiger partial charge in [-0.15, -0.1) is 0 Å². The summed E-state index contributed by atoms with van der Waals surface area (Å²) in [7, 11) is 0. The van der Waals surface area contributed by atoms with Crippen LogP contribution in [0.4, 0.5) is 11.5 Å². The first-order valence-electron chi connectivity index (χ1n) is 11.0. The molecule has 0 radical (unpaired) electrons. The molecule has 34 heavy (non-hydrogen) atoms. The molecule has 9 heteroatoms. The van der Waals surface area contributed by atoms with E-state index in [1.165, 1.54) is 11.8 Å². The number of nitrogens with one attached hydrogen (secondary N) is 1. The first-order chi connectivity index (χ1) is 16.4. The van der Waals surface area contributed by atoms with Crippen molar-refractivity contribution in [2.75, 3.05) is 35.6 Å². The van der Waals surface area contributed by atoms with Crippen LogP contribution in [-0.4, -0.2) is 58.1 Å². The Balaban J connectivity index is 1.37. The van der Waals surface area contributed by atoms with Crippen LogP contribution in [0.3, 0.4) is 0 Å². The van der Waals surface area contributed by atoms with E-state index in [1.54, 1.807) is 6.07 Å². The number of benzene rings is 2. The maximum absolute atomic E-state index is 12.9. The molecule has 2 heterocycles. The van der Waals surface area contributed by atoms with Crippen molar-refractivity contribution in [1.82, 2.24) is 14.9 Å². The van der Waals surface area contributed by atoms with Crippen LogP contribution in [0, 0.1) is 6.92 Å². The van der Waals surface area contributed by atoms with Gasteiger partial charge in [0.05, 0.1) is 5.75 Å². The summed E-state index contributed by atoms with van der Waals surface area (Å²) in [4.78, 5) is 38.1. The molecule has 0 aliphatic carbocycles. The van der Waals surface area contributed by atoms with Crippen LogP contribution in [0.1, 0.15) is 22.8 Å². The molecule has 1 atom stereocenters. The third kappa shape index (κ3) is 6.07. The van der Waals surface area contributed by atoms with Crippen LogP contribution in [0.25, 0.3) is 0 Å². The lowest BCUT2D eigenvalue weighted by Crippen LogP contribution is -2.54. The molecule has 1 aliphatic heterocycles. The van der Waals surface area contributed by atoms with Crippen molar-refractivity contribution in [3.63, 3.8) is 0 Å². The second kappa shape index (κ2) is 10.9. The van der Waals surface area contributed by atoms with E-state index < -0.39 is 0 Å². The Morgan fingerprint density at radius 3 is 2.53 bits per heavy atom. The lowest BCUT2D eigenvalue weighted by molar-refractivity contribution is -0.113. The predicted octanol–water partition coefficient (Wildman–Crippen LogP) is 4.52. The summed E-state index contributed by atoms with van der Waals surface area (Å²) < 4.78 is 0. The van der Waals surface area contributed by atoms with E-state index in [0.717, 1.165) is 11.3 Å². The van der Waals surface area contributed by atoms with Gasteiger partial charge in [-0.1, -0.05) is 59.3 Å². The van der Waals surface area contributed by atoms with Gasteiger partial charge in [0.2, 0.25) is 5.91 Å². The number of hydrogen-bond donors (Lipinski definition) is 1. The van der Waals surface area contributed by atoms with Crippen LogP contribution in [0.15, 0.2) is 65.8 Å². The summed E-state index contributed by atoms with van der Waals surface area (Å²) in [6.07, 6.45) is 0. The van der Waals surface area contributed by atoms with Gasteiger partial charge in [-0.3, -0.25) is 9.59 Å². The molecule has 4 rings (SSSR count). The number of anilines is 2. The molecule has 0 spiro atoms. The van der Waals surface area contributed by atoms with Gasteiger partial charge in [-0.05, 0) is 38.1 Å². The van der Waals surface area contributed by atoms with Crippen molar-refractivity contribution in [2.45, 2.75) is 25.0 Å². The van der Waals surface area contributed by atoms with Crippen molar-refractivity contribution >= 4 is 46.7 Å². The zero-order valence-electron chi connectivity index (χ0n) is 19.1. The summed E-state index contributed by atoms with van der Waals surface area (Å²) >= 11 is 7.51. The molecule has 1 N–H and O–H groups in total. The number of hydrogen-bond acceptors (Lipinski definition) is 6. The first-order valence-corrected chi connectivity index (χ1v) is 12.4. The Morgan fingerprint density at radius 1 is 1.09 bits per heavy atom. The lowest BCUT2D eigenvalue weighted by Gasteiger charge is -2.40. The average molecular weight is 496 g/mol. The Bertz CT molecular complexity index is 1160. The fourth-order valence-electron chi connectivity index (χ4n) is 3.79. The number of aromatic nitrogens is 2. The van der Waals surface area contributed by atoms with Gasteiger partial charge in [-0.2, -0.15) is 0 Å². The number of thioether (sulfide) groups is 1. The molecule has 3 aromatic rings. The highest BCUT2D eigenvalue weighted by molar-refractivity contribution is 7.99. The lowest BCUT2D eigenvalue weighted by atomic mass is 10.1. The molecule has 1 unspecified atom stereocenters. The fourth-order valence-corrected chi connectivity index (χ4v) is 4.67. The highest BCUT2D eigenvalue weighted by atomic mass is 35.5. The molecule has 1 aromatic heterocycles. The Morgan fingerprint density at radius 2 is 1.82 bits per heavy atom. The highest BCUT2D eigenvalue weighted by Gasteiger charge is 2.29. The largest absolute Gasteiger partial charge is 0.353 e. The molecule has 1 fully saturated rings. The van der Waals surface area contributed by atoms with Crippen LogP contribution in [0.2, 0.25) is 5.15 Å². The second-order valence-electron chi connectivity index (χ2n) is 8.19. The molecule has 2 aromatic carbocycles. The number of piperazine rings is 1. The maximum Gasteiger partial charge on any atom is 0.254 e. The topological polar surface area (TPSA) is 78.4 Å². The number of rotatable bonds is 6. The zero-order chi connectivity index (χ0) is 24.1. The minimum absolute atomic E-state index is 0.00610. The van der Waals surface area contributed by atoms with Gasteiger partial charge in [0.1, 0.15) is 11.0 Å². The van der Waals surface area contributed by atoms with Crippen LogP contribution < -0.4 is 10.2 Å². The molecular formula is C25H26ClN5O2S. The quantitative estimate of drug-likeness (QED) is 0.308. The molecule has 2 amide bonds. The van der Waals surface area contributed by atoms with E-state index in [1.807, 2.05) is 73.3 Å². The van der Waals surface area contributed by atoms with Gasteiger partial charge < -0.3 is 15.1 Å². The minimum atomic E-state index is -0.138. The smallest absolute Gasteiger partial charge is 0.254 e. The third-order valence-corrected chi connectivity index (χ3v) is 6.60. The maximum atomic E-state index is 12.9. The number of carbonyl (C=O) groups excluding carboxylic acids is 2. The van der Waals surface area contributed by atoms with Gasteiger partial charge >= 0.3 is 0 Å². The van der Waals surface area contributed by atoms with Crippen LogP contribution >= 0.6 is 23.4 Å². The fraction of sp³-hybridized carbons (Fsp3) is 0.280. The monoisotopic (exact) mass is 495 g/mol. The normalized spacial score (nSPS) is 15.8. The Labute approximate surface area is 208 Å². The van der Waals surface area contributed by atoms with Gasteiger partial charge in [0.15, 0.2) is 5.16 Å². The molecule has 0 bridgehead atoms. The number of aryl methyl sites for hydroxylation is 1. The van der Waals surface area contributed by atoms with E-state index in [4.69, 9.17) is 11.6 Å². The SMILES string of the molecule is Cc1ccc(NC(=O)CSc2nc(Cl)cc(N3CCN(C(=O)c4ccccc4)C(C)C3)n2)cc1. The molecule has 7 nitrogen and oxygen atoms in total. The Hall–Kier alpha value is -3.10. The second-order valence-corrected chi connectivity index (χ2v) is 9.52. The van der Waals surface area contributed by atoms with E-state index in [2.05, 4.69) is 20.2 Å². The first kappa shape index (κ1) is 24.0. The van der Waals surface area contributed by atoms with Crippen LogP contribution in [-0.2, 0) is 4.79 Å². The summed E-state index contributed by atoms with van der Waals surface area (Å²) in [5.74, 6) is 0.758. The van der Waals surface area contributed by atoms with E-state index >= 15 is 0 Å². The van der Waals surface area contributed by atoms with Gasteiger partial charge in [-0.25, -0.2) is 9.97 Å². The summed E-state index contributed by atoms with van der Waals surface area (Å²) in [6.45, 7) is 5.87. The third-order valence-electron chi connectivity index (χ3n) is 5.56. The number of halogens is 1. The number of carbonyl (C=O) groups is 2. The average Bonchev–Trinajstić information content (AvgIpc) is 2.84. The van der Waals surface area contributed by atoms with E-state index in [-0.39, 0.29) is 23.6 Å². The summed E-state index contributed by atoms with van der Waals surface area (Å²) in [6, 6.07) is 18.7. The standard InChI is InChI=1S/C25H26ClN5O2S/c1-17-8-10-20(11-9-17)27-23(32)16-34-25-28-21(26)14-22(29-25)30-12-13-31(18(2)15-30)24(33)19-6-4-3-5-7-19/h3-11,14,18H,12-13,15-16H2,1-2H3,(H,27,32). The molecular weight excluding hydrogens is 470 g/mol. The van der Waals surface area contributed by atoms with Crippen molar-refractivity contribution in [1.29, 1.82) is 0 Å². The van der Waals surface area contributed by atoms with E-state index in [9.17, 15) is 9.59 Å².